The maximum atomic E-state index is 13.6. The Morgan fingerprint density at radius 3 is 2.24 bits per heavy atom. The molecule has 1 atom stereocenters. The zero-order valence-corrected chi connectivity index (χ0v) is 21.8. The number of ketones is 1. The van der Waals surface area contributed by atoms with Crippen LogP contribution in [0.1, 0.15) is 60.3 Å². The second-order valence-electron chi connectivity index (χ2n) is 10.9. The van der Waals surface area contributed by atoms with E-state index >= 15 is 0 Å². The zero-order valence-electron chi connectivity index (χ0n) is 21.8. The van der Waals surface area contributed by atoms with Crippen molar-refractivity contribution >= 4 is 5.78 Å². The Kier molecular flexibility index (Phi) is 8.80. The van der Waals surface area contributed by atoms with Crippen LogP contribution in [0.15, 0.2) is 78.9 Å². The molecule has 0 aromatic heterocycles. The maximum Gasteiger partial charge on any atom is 0.141 e. The molecule has 5 rings (SSSR count). The number of Topliss-reactive ketones (excluding diaryl/α,β-unsaturated/α-hetero) is 1. The molecule has 1 unspecified atom stereocenters. The van der Waals surface area contributed by atoms with Crippen molar-refractivity contribution in [2.75, 3.05) is 26.2 Å². The molecule has 2 heterocycles. The van der Waals surface area contributed by atoms with Gasteiger partial charge in [0.05, 0.1) is 5.92 Å². The van der Waals surface area contributed by atoms with E-state index in [4.69, 9.17) is 0 Å². The Hall–Kier alpha value is -2.82. The number of likely N-dealkylation sites (tertiary alicyclic amines) is 1. The molecule has 0 radical (unpaired) electrons. The third-order valence-corrected chi connectivity index (χ3v) is 8.27. The number of piperidine rings is 1. The van der Waals surface area contributed by atoms with Crippen LogP contribution < -0.4 is 0 Å². The molecular formula is C33H39FN2O. The van der Waals surface area contributed by atoms with Crippen LogP contribution in [0, 0.1) is 11.7 Å². The average Bonchev–Trinajstić information content (AvgIpc) is 3.11. The summed E-state index contributed by atoms with van der Waals surface area (Å²) >= 11 is 0. The second-order valence-corrected chi connectivity index (χ2v) is 10.9. The standard InChI is InChI=1S/C33H39FN2O/c34-30-15-13-28(14-16-30)23-35-20-17-26(18-21-35)9-6-12-33(37)32-25-36(24-27-7-2-1-3-8-27)22-19-29-10-4-5-11-31(29)32/h1-5,7-8,10-11,13-16,26,32H,6,9,12,17-25H2. The van der Waals surface area contributed by atoms with Crippen molar-refractivity contribution in [1.29, 1.82) is 0 Å². The lowest BCUT2D eigenvalue weighted by Crippen LogP contribution is -2.33. The average molecular weight is 499 g/mol. The lowest BCUT2D eigenvalue weighted by atomic mass is 9.86. The van der Waals surface area contributed by atoms with Crippen LogP contribution in [0.4, 0.5) is 4.39 Å². The minimum absolute atomic E-state index is 0.0278. The number of fused-ring (bicyclic) bond motifs is 1. The largest absolute Gasteiger partial charge is 0.299 e. The van der Waals surface area contributed by atoms with E-state index in [1.165, 1.54) is 35.1 Å². The minimum atomic E-state index is -0.173. The molecule has 0 amide bonds. The number of halogens is 1. The second kappa shape index (κ2) is 12.6. The van der Waals surface area contributed by atoms with Gasteiger partial charge < -0.3 is 0 Å². The zero-order chi connectivity index (χ0) is 25.5. The normalized spacial score (nSPS) is 19.3. The molecule has 4 heteroatoms. The molecule has 37 heavy (non-hydrogen) atoms. The summed E-state index contributed by atoms with van der Waals surface area (Å²) in [5, 5.41) is 0. The highest BCUT2D eigenvalue weighted by Gasteiger charge is 2.28. The quantitative estimate of drug-likeness (QED) is 0.331. The van der Waals surface area contributed by atoms with E-state index in [0.717, 1.165) is 58.5 Å². The molecule has 0 N–H and O–H groups in total. The molecule has 0 spiro atoms. The number of hydrogen-bond acceptors (Lipinski definition) is 3. The summed E-state index contributed by atoms with van der Waals surface area (Å²) in [6, 6.07) is 26.1. The molecule has 2 aliphatic heterocycles. The Bertz CT molecular complexity index is 1140. The number of benzene rings is 3. The Balaban J connectivity index is 1.12. The summed E-state index contributed by atoms with van der Waals surface area (Å²) in [6.45, 7) is 5.76. The predicted molar refractivity (Wildman–Crippen MR) is 148 cm³/mol. The van der Waals surface area contributed by atoms with Gasteiger partial charge in [0.15, 0.2) is 0 Å². The van der Waals surface area contributed by atoms with Gasteiger partial charge in [-0.25, -0.2) is 4.39 Å². The predicted octanol–water partition coefficient (Wildman–Crippen LogP) is 6.62. The van der Waals surface area contributed by atoms with E-state index in [0.29, 0.717) is 18.1 Å². The number of nitrogens with zero attached hydrogens (tertiary/aromatic N) is 2. The molecular weight excluding hydrogens is 459 g/mol. The first kappa shape index (κ1) is 25.8. The first-order valence-electron chi connectivity index (χ1n) is 14.0. The first-order chi connectivity index (χ1) is 18.1. The first-order valence-corrected chi connectivity index (χ1v) is 14.0. The Morgan fingerprint density at radius 2 is 1.46 bits per heavy atom. The van der Waals surface area contributed by atoms with Crippen LogP contribution in [0.2, 0.25) is 0 Å². The van der Waals surface area contributed by atoms with E-state index in [1.54, 1.807) is 12.1 Å². The Morgan fingerprint density at radius 1 is 0.784 bits per heavy atom. The fourth-order valence-electron chi connectivity index (χ4n) is 6.11. The van der Waals surface area contributed by atoms with E-state index in [1.807, 2.05) is 12.1 Å². The van der Waals surface area contributed by atoms with Crippen LogP contribution in [0.5, 0.6) is 0 Å². The molecule has 0 bridgehead atoms. The van der Waals surface area contributed by atoms with E-state index in [2.05, 4.69) is 64.4 Å². The molecule has 3 aromatic rings. The van der Waals surface area contributed by atoms with E-state index in [-0.39, 0.29) is 11.7 Å². The highest BCUT2D eigenvalue weighted by molar-refractivity contribution is 5.86. The van der Waals surface area contributed by atoms with Crippen molar-refractivity contribution in [2.24, 2.45) is 5.92 Å². The van der Waals surface area contributed by atoms with E-state index < -0.39 is 0 Å². The third-order valence-electron chi connectivity index (χ3n) is 8.27. The summed E-state index contributed by atoms with van der Waals surface area (Å²) in [4.78, 5) is 18.5. The van der Waals surface area contributed by atoms with Crippen molar-refractivity contribution in [1.82, 2.24) is 9.80 Å². The van der Waals surface area contributed by atoms with Gasteiger partial charge in [0.25, 0.3) is 0 Å². The van der Waals surface area contributed by atoms with Crippen molar-refractivity contribution in [3.63, 3.8) is 0 Å². The van der Waals surface area contributed by atoms with Crippen LogP contribution >= 0.6 is 0 Å². The number of carbonyl (C=O) groups is 1. The lowest BCUT2D eigenvalue weighted by Gasteiger charge is -2.32. The van der Waals surface area contributed by atoms with Crippen molar-refractivity contribution < 1.29 is 9.18 Å². The molecule has 3 nitrogen and oxygen atoms in total. The van der Waals surface area contributed by atoms with Gasteiger partial charge in [-0.2, -0.15) is 0 Å². The summed E-state index contributed by atoms with van der Waals surface area (Å²) < 4.78 is 13.2. The van der Waals surface area contributed by atoms with Gasteiger partial charge in [0.1, 0.15) is 11.6 Å². The highest BCUT2D eigenvalue weighted by atomic mass is 19.1. The van der Waals surface area contributed by atoms with Gasteiger partial charge in [-0.3, -0.25) is 14.6 Å². The molecule has 0 aliphatic carbocycles. The van der Waals surface area contributed by atoms with Crippen molar-refractivity contribution in [3.05, 3.63) is 107 Å². The van der Waals surface area contributed by atoms with Crippen LogP contribution in [0.25, 0.3) is 0 Å². The summed E-state index contributed by atoms with van der Waals surface area (Å²) in [6.07, 6.45) is 6.17. The maximum absolute atomic E-state index is 13.6. The third kappa shape index (κ3) is 7.15. The summed E-state index contributed by atoms with van der Waals surface area (Å²) in [5.74, 6) is 0.905. The summed E-state index contributed by atoms with van der Waals surface area (Å²) in [5.41, 5.74) is 5.07. The Labute approximate surface area is 221 Å². The summed E-state index contributed by atoms with van der Waals surface area (Å²) in [7, 11) is 0. The monoisotopic (exact) mass is 498 g/mol. The minimum Gasteiger partial charge on any atom is -0.299 e. The topological polar surface area (TPSA) is 23.6 Å². The fourth-order valence-corrected chi connectivity index (χ4v) is 6.11. The van der Waals surface area contributed by atoms with E-state index in [9.17, 15) is 9.18 Å². The lowest BCUT2D eigenvalue weighted by molar-refractivity contribution is -0.121. The van der Waals surface area contributed by atoms with Crippen molar-refractivity contribution in [3.8, 4) is 0 Å². The van der Waals surface area contributed by atoms with Crippen molar-refractivity contribution in [2.45, 2.75) is 57.5 Å². The molecule has 3 aromatic carbocycles. The van der Waals surface area contributed by atoms with Gasteiger partial charge in [-0.05, 0) is 85.5 Å². The van der Waals surface area contributed by atoms with Crippen LogP contribution in [0.3, 0.4) is 0 Å². The highest BCUT2D eigenvalue weighted by Crippen LogP contribution is 2.30. The SMILES string of the molecule is O=C(CCCC1CCN(Cc2ccc(F)cc2)CC1)C1CN(Cc2ccccc2)CCc2ccccc21. The van der Waals surface area contributed by atoms with Gasteiger partial charge in [0.2, 0.25) is 0 Å². The van der Waals surface area contributed by atoms with Crippen LogP contribution in [-0.4, -0.2) is 41.8 Å². The molecule has 0 saturated carbocycles. The van der Waals surface area contributed by atoms with Gasteiger partial charge in [-0.1, -0.05) is 66.7 Å². The molecule has 194 valence electrons. The van der Waals surface area contributed by atoms with Crippen LogP contribution in [-0.2, 0) is 24.3 Å². The number of rotatable bonds is 9. The smallest absolute Gasteiger partial charge is 0.141 e. The number of carbonyl (C=O) groups excluding carboxylic acids is 1. The van der Waals surface area contributed by atoms with Gasteiger partial charge in [-0.15, -0.1) is 0 Å². The molecule has 1 fully saturated rings. The van der Waals surface area contributed by atoms with Gasteiger partial charge >= 0.3 is 0 Å². The molecule has 1 saturated heterocycles. The molecule has 2 aliphatic rings. The van der Waals surface area contributed by atoms with Gasteiger partial charge in [0, 0.05) is 32.6 Å². The number of hydrogen-bond donors (Lipinski definition) is 0. The fraction of sp³-hybridized carbons (Fsp3) is 0.424.